The lowest BCUT2D eigenvalue weighted by Crippen LogP contribution is -2.02. The van der Waals surface area contributed by atoms with E-state index in [1.54, 1.807) is 7.11 Å². The SMILES string of the molecule is CC/C=C\CCC(C)OC. The first-order valence-corrected chi connectivity index (χ1v) is 3.99. The molecule has 0 amide bonds. The van der Waals surface area contributed by atoms with Crippen LogP contribution in [0.15, 0.2) is 12.2 Å². The molecule has 1 unspecified atom stereocenters. The molecule has 0 aromatic carbocycles. The van der Waals surface area contributed by atoms with Crippen LogP contribution in [0.1, 0.15) is 33.1 Å². The van der Waals surface area contributed by atoms with Crippen LogP contribution in [0, 0.1) is 0 Å². The minimum absolute atomic E-state index is 0.404. The Morgan fingerprint density at radius 2 is 2.10 bits per heavy atom. The predicted octanol–water partition coefficient (Wildman–Crippen LogP) is 2.77. The summed E-state index contributed by atoms with van der Waals surface area (Å²) in [6.07, 6.45) is 8.23. The summed E-state index contributed by atoms with van der Waals surface area (Å²) in [6, 6.07) is 0. The number of ether oxygens (including phenoxy) is 1. The average molecular weight is 142 g/mol. The van der Waals surface area contributed by atoms with E-state index in [0.29, 0.717) is 6.10 Å². The average Bonchev–Trinajstić information content (AvgIpc) is 1.98. The van der Waals surface area contributed by atoms with Gasteiger partial charge in [0, 0.05) is 7.11 Å². The third kappa shape index (κ3) is 5.83. The van der Waals surface area contributed by atoms with Crippen LogP contribution in [0.2, 0.25) is 0 Å². The summed E-state index contributed by atoms with van der Waals surface area (Å²) in [5, 5.41) is 0. The van der Waals surface area contributed by atoms with Crippen molar-refractivity contribution in [3.63, 3.8) is 0 Å². The van der Waals surface area contributed by atoms with Crippen molar-refractivity contribution in [2.75, 3.05) is 7.11 Å². The van der Waals surface area contributed by atoms with Crippen molar-refractivity contribution >= 4 is 0 Å². The van der Waals surface area contributed by atoms with Gasteiger partial charge in [0.1, 0.15) is 0 Å². The molecule has 0 aliphatic carbocycles. The van der Waals surface area contributed by atoms with Gasteiger partial charge in [-0.3, -0.25) is 0 Å². The predicted molar refractivity (Wildman–Crippen MR) is 45.1 cm³/mol. The second-order valence-electron chi connectivity index (χ2n) is 2.50. The molecule has 0 spiro atoms. The van der Waals surface area contributed by atoms with Gasteiger partial charge in [0.25, 0.3) is 0 Å². The summed E-state index contributed by atoms with van der Waals surface area (Å²) in [7, 11) is 1.76. The van der Waals surface area contributed by atoms with Gasteiger partial charge >= 0.3 is 0 Å². The number of hydrogen-bond donors (Lipinski definition) is 0. The zero-order chi connectivity index (χ0) is 7.82. The van der Waals surface area contributed by atoms with Crippen LogP contribution in [0.4, 0.5) is 0 Å². The van der Waals surface area contributed by atoms with E-state index in [1.807, 2.05) is 0 Å². The topological polar surface area (TPSA) is 9.23 Å². The van der Waals surface area contributed by atoms with Crippen LogP contribution in [-0.2, 0) is 4.74 Å². The Bertz CT molecular complexity index is 86.7. The summed E-state index contributed by atoms with van der Waals surface area (Å²) in [6.45, 7) is 4.25. The first kappa shape index (κ1) is 9.70. The lowest BCUT2D eigenvalue weighted by molar-refractivity contribution is 0.112. The third-order valence-electron chi connectivity index (χ3n) is 1.54. The third-order valence-corrected chi connectivity index (χ3v) is 1.54. The largest absolute Gasteiger partial charge is 0.382 e. The molecule has 1 atom stereocenters. The number of allylic oxidation sites excluding steroid dienone is 2. The maximum atomic E-state index is 5.10. The fourth-order valence-corrected chi connectivity index (χ4v) is 0.733. The summed E-state index contributed by atoms with van der Waals surface area (Å²) in [5.41, 5.74) is 0. The van der Waals surface area contributed by atoms with Gasteiger partial charge in [0.2, 0.25) is 0 Å². The van der Waals surface area contributed by atoms with Crippen molar-refractivity contribution in [3.8, 4) is 0 Å². The van der Waals surface area contributed by atoms with Crippen LogP contribution >= 0.6 is 0 Å². The van der Waals surface area contributed by atoms with E-state index >= 15 is 0 Å². The van der Waals surface area contributed by atoms with E-state index in [-0.39, 0.29) is 0 Å². The van der Waals surface area contributed by atoms with Gasteiger partial charge in [-0.1, -0.05) is 19.1 Å². The monoisotopic (exact) mass is 142 g/mol. The van der Waals surface area contributed by atoms with Crippen LogP contribution in [-0.4, -0.2) is 13.2 Å². The van der Waals surface area contributed by atoms with Crippen LogP contribution in [0.25, 0.3) is 0 Å². The number of hydrogen-bond acceptors (Lipinski definition) is 1. The lowest BCUT2D eigenvalue weighted by atomic mass is 10.2. The first-order valence-electron chi connectivity index (χ1n) is 3.99. The molecular weight excluding hydrogens is 124 g/mol. The van der Waals surface area contributed by atoms with E-state index in [9.17, 15) is 0 Å². The Kier molecular flexibility index (Phi) is 6.61. The van der Waals surface area contributed by atoms with Crippen molar-refractivity contribution in [1.82, 2.24) is 0 Å². The summed E-state index contributed by atoms with van der Waals surface area (Å²) in [4.78, 5) is 0. The van der Waals surface area contributed by atoms with E-state index < -0.39 is 0 Å². The highest BCUT2D eigenvalue weighted by Crippen LogP contribution is 2.00. The minimum Gasteiger partial charge on any atom is -0.382 e. The molecule has 0 bridgehead atoms. The number of methoxy groups -OCH3 is 1. The van der Waals surface area contributed by atoms with Gasteiger partial charge < -0.3 is 4.74 Å². The molecule has 0 rings (SSSR count). The highest BCUT2D eigenvalue weighted by molar-refractivity contribution is 4.80. The standard InChI is InChI=1S/C9H18O/c1-4-5-6-7-8-9(2)10-3/h5-6,9H,4,7-8H2,1-3H3/b6-5-. The molecule has 1 heteroatoms. The fraction of sp³-hybridized carbons (Fsp3) is 0.778. The molecule has 0 saturated carbocycles. The van der Waals surface area contributed by atoms with E-state index in [1.165, 1.54) is 0 Å². The fourth-order valence-electron chi connectivity index (χ4n) is 0.733. The quantitative estimate of drug-likeness (QED) is 0.536. The van der Waals surface area contributed by atoms with Crippen molar-refractivity contribution in [3.05, 3.63) is 12.2 Å². The molecule has 0 heterocycles. The highest BCUT2D eigenvalue weighted by Gasteiger charge is 1.94. The molecule has 0 aliphatic heterocycles. The Balaban J connectivity index is 3.10. The molecule has 0 fully saturated rings. The molecule has 10 heavy (non-hydrogen) atoms. The van der Waals surface area contributed by atoms with E-state index in [0.717, 1.165) is 19.3 Å². The van der Waals surface area contributed by atoms with Gasteiger partial charge in [-0.25, -0.2) is 0 Å². The van der Waals surface area contributed by atoms with Crippen molar-refractivity contribution in [2.45, 2.75) is 39.2 Å². The molecule has 60 valence electrons. The number of rotatable bonds is 5. The summed E-state index contributed by atoms with van der Waals surface area (Å²) < 4.78 is 5.10. The summed E-state index contributed by atoms with van der Waals surface area (Å²) in [5.74, 6) is 0. The molecular formula is C9H18O. The highest BCUT2D eigenvalue weighted by atomic mass is 16.5. The van der Waals surface area contributed by atoms with Crippen molar-refractivity contribution in [1.29, 1.82) is 0 Å². The van der Waals surface area contributed by atoms with E-state index in [2.05, 4.69) is 26.0 Å². The van der Waals surface area contributed by atoms with Gasteiger partial charge in [-0.05, 0) is 26.2 Å². The van der Waals surface area contributed by atoms with Crippen molar-refractivity contribution in [2.24, 2.45) is 0 Å². The minimum atomic E-state index is 0.404. The Hall–Kier alpha value is -0.300. The molecule has 0 N–H and O–H groups in total. The molecule has 0 aliphatic rings. The smallest absolute Gasteiger partial charge is 0.0546 e. The second kappa shape index (κ2) is 6.81. The molecule has 0 aromatic rings. The molecule has 0 radical (unpaired) electrons. The maximum absolute atomic E-state index is 5.10. The molecule has 1 nitrogen and oxygen atoms in total. The first-order chi connectivity index (χ1) is 4.81. The van der Waals surface area contributed by atoms with Gasteiger partial charge in [0.05, 0.1) is 6.10 Å². The Labute approximate surface area is 64.1 Å². The normalized spacial score (nSPS) is 14.3. The van der Waals surface area contributed by atoms with Crippen LogP contribution < -0.4 is 0 Å². The van der Waals surface area contributed by atoms with Crippen molar-refractivity contribution < 1.29 is 4.74 Å². The maximum Gasteiger partial charge on any atom is 0.0546 e. The Morgan fingerprint density at radius 3 is 2.60 bits per heavy atom. The van der Waals surface area contributed by atoms with Gasteiger partial charge in [0.15, 0.2) is 0 Å². The van der Waals surface area contributed by atoms with Crippen LogP contribution in [0.3, 0.4) is 0 Å². The molecule has 0 saturated heterocycles. The molecule has 0 aromatic heterocycles. The van der Waals surface area contributed by atoms with E-state index in [4.69, 9.17) is 4.74 Å². The zero-order valence-electron chi connectivity index (χ0n) is 7.26. The lowest BCUT2D eigenvalue weighted by Gasteiger charge is -2.05. The van der Waals surface area contributed by atoms with Gasteiger partial charge in [-0.15, -0.1) is 0 Å². The Morgan fingerprint density at radius 1 is 1.40 bits per heavy atom. The van der Waals surface area contributed by atoms with Crippen LogP contribution in [0.5, 0.6) is 0 Å². The zero-order valence-corrected chi connectivity index (χ0v) is 7.26. The second-order valence-corrected chi connectivity index (χ2v) is 2.50. The summed E-state index contributed by atoms with van der Waals surface area (Å²) >= 11 is 0. The van der Waals surface area contributed by atoms with Gasteiger partial charge in [-0.2, -0.15) is 0 Å².